The van der Waals surface area contributed by atoms with E-state index in [-0.39, 0.29) is 11.8 Å². The second-order valence-corrected chi connectivity index (χ2v) is 5.70. The molecule has 2 N–H and O–H groups in total. The third kappa shape index (κ3) is 4.66. The quantitative estimate of drug-likeness (QED) is 0.680. The summed E-state index contributed by atoms with van der Waals surface area (Å²) in [5, 5.41) is 5.39. The Kier molecular flexibility index (Phi) is 5.41. The number of carbonyl (C=O) groups is 2. The zero-order chi connectivity index (χ0) is 19.2. The lowest BCUT2D eigenvalue weighted by molar-refractivity contribution is -0.114. The Morgan fingerprint density at radius 2 is 1.85 bits per heavy atom. The Balaban J connectivity index is 1.75. The summed E-state index contributed by atoms with van der Waals surface area (Å²) in [5.74, 6) is -0.0770. The van der Waals surface area contributed by atoms with Crippen molar-refractivity contribution in [1.29, 1.82) is 0 Å². The summed E-state index contributed by atoms with van der Waals surface area (Å²) in [6, 6.07) is 12.5. The summed E-state index contributed by atoms with van der Waals surface area (Å²) < 4.78 is 5.24. The highest BCUT2D eigenvalue weighted by Crippen LogP contribution is 2.27. The average Bonchev–Trinajstić information content (AvgIpc) is 2.66. The van der Waals surface area contributed by atoms with Crippen LogP contribution in [0, 0.1) is 0 Å². The van der Waals surface area contributed by atoms with E-state index < -0.39 is 0 Å². The number of methoxy groups -OCH3 is 1. The zero-order valence-corrected chi connectivity index (χ0v) is 14.9. The molecule has 1 heterocycles. The number of aromatic nitrogens is 2. The number of anilines is 2. The molecular weight excluding hydrogens is 344 g/mol. The monoisotopic (exact) mass is 362 g/mol. The van der Waals surface area contributed by atoms with E-state index in [2.05, 4.69) is 20.6 Å². The molecule has 0 atom stereocenters. The molecule has 0 aliphatic rings. The molecule has 136 valence electrons. The van der Waals surface area contributed by atoms with Gasteiger partial charge in [0.2, 0.25) is 11.8 Å². The fraction of sp³-hybridized carbons (Fsp3) is 0.100. The fourth-order valence-electron chi connectivity index (χ4n) is 2.47. The highest BCUT2D eigenvalue weighted by molar-refractivity contribution is 6.03. The van der Waals surface area contributed by atoms with Gasteiger partial charge in [0.1, 0.15) is 5.75 Å². The van der Waals surface area contributed by atoms with Crippen LogP contribution >= 0.6 is 0 Å². The van der Waals surface area contributed by atoms with Crippen LogP contribution in [0.15, 0.2) is 54.7 Å². The van der Waals surface area contributed by atoms with Crippen molar-refractivity contribution in [2.45, 2.75) is 6.92 Å². The number of nitrogens with one attached hydrogen (secondary N) is 2. The number of ether oxygens (including phenoxy) is 1. The van der Waals surface area contributed by atoms with Crippen molar-refractivity contribution in [1.82, 2.24) is 9.97 Å². The van der Waals surface area contributed by atoms with E-state index in [1.807, 2.05) is 24.3 Å². The lowest BCUT2D eigenvalue weighted by Crippen LogP contribution is -2.11. The Hall–Kier alpha value is -3.74. The molecule has 3 aromatic rings. The van der Waals surface area contributed by atoms with Crippen molar-refractivity contribution in [2.75, 3.05) is 17.7 Å². The molecule has 1 aromatic heterocycles. The summed E-state index contributed by atoms with van der Waals surface area (Å²) in [5.41, 5.74) is 3.12. The highest BCUT2D eigenvalue weighted by atomic mass is 16.5. The second kappa shape index (κ2) is 8.09. The van der Waals surface area contributed by atoms with Crippen LogP contribution in [-0.4, -0.2) is 28.9 Å². The molecule has 0 saturated heterocycles. The Morgan fingerprint density at radius 1 is 1.07 bits per heavy atom. The van der Waals surface area contributed by atoms with Gasteiger partial charge in [0.05, 0.1) is 35.7 Å². The highest BCUT2D eigenvalue weighted by Gasteiger charge is 2.08. The number of hydrogen-bond donors (Lipinski definition) is 2. The Bertz CT molecular complexity index is 1030. The molecule has 0 aliphatic heterocycles. The minimum absolute atomic E-state index is 0.202. The van der Waals surface area contributed by atoms with Gasteiger partial charge in [-0.05, 0) is 36.4 Å². The zero-order valence-electron chi connectivity index (χ0n) is 14.9. The van der Waals surface area contributed by atoms with Crippen molar-refractivity contribution in [3.05, 3.63) is 60.4 Å². The predicted molar refractivity (Wildman–Crippen MR) is 104 cm³/mol. The van der Waals surface area contributed by atoms with Gasteiger partial charge in [-0.25, -0.2) is 4.98 Å². The molecule has 7 heteroatoms. The minimum atomic E-state index is -0.358. The van der Waals surface area contributed by atoms with Crippen LogP contribution < -0.4 is 15.4 Å². The number of hydrogen-bond acceptors (Lipinski definition) is 5. The van der Waals surface area contributed by atoms with Gasteiger partial charge in [-0.3, -0.25) is 14.6 Å². The van der Waals surface area contributed by atoms with Gasteiger partial charge in [-0.1, -0.05) is 12.1 Å². The first-order valence-electron chi connectivity index (χ1n) is 8.21. The fourth-order valence-corrected chi connectivity index (χ4v) is 2.47. The first-order chi connectivity index (χ1) is 13.0. The van der Waals surface area contributed by atoms with E-state index in [0.29, 0.717) is 22.8 Å². The van der Waals surface area contributed by atoms with E-state index in [1.165, 1.54) is 20.1 Å². The number of benzene rings is 2. The maximum atomic E-state index is 12.3. The molecule has 0 aliphatic carbocycles. The Morgan fingerprint density at radius 3 is 2.59 bits per heavy atom. The van der Waals surface area contributed by atoms with Crippen LogP contribution in [0.5, 0.6) is 5.75 Å². The van der Waals surface area contributed by atoms with Crippen LogP contribution in [0.4, 0.5) is 11.4 Å². The van der Waals surface area contributed by atoms with Crippen molar-refractivity contribution < 1.29 is 14.3 Å². The minimum Gasteiger partial charge on any atom is -0.495 e. The van der Waals surface area contributed by atoms with Crippen molar-refractivity contribution in [2.24, 2.45) is 0 Å². The molecule has 0 unspecified atom stereocenters. The topological polar surface area (TPSA) is 93.2 Å². The number of fused-ring (bicyclic) bond motifs is 1. The van der Waals surface area contributed by atoms with Gasteiger partial charge in [0, 0.05) is 18.7 Å². The van der Waals surface area contributed by atoms with Crippen LogP contribution in [0.3, 0.4) is 0 Å². The summed E-state index contributed by atoms with van der Waals surface area (Å²) in [7, 11) is 1.50. The Labute approximate surface area is 156 Å². The largest absolute Gasteiger partial charge is 0.495 e. The van der Waals surface area contributed by atoms with E-state index >= 15 is 0 Å². The maximum Gasteiger partial charge on any atom is 0.248 e. The summed E-state index contributed by atoms with van der Waals surface area (Å²) in [6.07, 6.45) is 4.55. The summed E-state index contributed by atoms with van der Waals surface area (Å²) >= 11 is 0. The smallest absolute Gasteiger partial charge is 0.248 e. The lowest BCUT2D eigenvalue weighted by atomic mass is 10.2. The van der Waals surface area contributed by atoms with Gasteiger partial charge in [0.25, 0.3) is 0 Å². The van der Waals surface area contributed by atoms with Gasteiger partial charge in [-0.15, -0.1) is 0 Å². The molecule has 0 radical (unpaired) electrons. The molecule has 0 bridgehead atoms. The van der Waals surface area contributed by atoms with Crippen molar-refractivity contribution in [3.63, 3.8) is 0 Å². The molecule has 2 amide bonds. The normalized spacial score (nSPS) is 10.7. The van der Waals surface area contributed by atoms with Crippen LogP contribution in [0.1, 0.15) is 12.6 Å². The van der Waals surface area contributed by atoms with Gasteiger partial charge < -0.3 is 15.4 Å². The molecule has 7 nitrogen and oxygen atoms in total. The lowest BCUT2D eigenvalue weighted by Gasteiger charge is -2.11. The molecule has 3 rings (SSSR count). The van der Waals surface area contributed by atoms with Crippen molar-refractivity contribution >= 4 is 40.3 Å². The number of para-hydroxylation sites is 2. The number of amides is 2. The molecule has 2 aromatic carbocycles. The van der Waals surface area contributed by atoms with E-state index in [9.17, 15) is 9.59 Å². The van der Waals surface area contributed by atoms with Gasteiger partial charge in [0.15, 0.2) is 0 Å². The third-order valence-electron chi connectivity index (χ3n) is 3.65. The van der Waals surface area contributed by atoms with Crippen LogP contribution in [-0.2, 0) is 9.59 Å². The summed E-state index contributed by atoms with van der Waals surface area (Å²) in [4.78, 5) is 32.2. The average molecular weight is 362 g/mol. The first-order valence-corrected chi connectivity index (χ1v) is 8.21. The van der Waals surface area contributed by atoms with E-state index in [0.717, 1.165) is 11.0 Å². The third-order valence-corrected chi connectivity index (χ3v) is 3.65. The molecule has 0 spiro atoms. The van der Waals surface area contributed by atoms with Crippen LogP contribution in [0.25, 0.3) is 17.1 Å². The number of carbonyl (C=O) groups excluding carboxylic acids is 2. The predicted octanol–water partition coefficient (Wildman–Crippen LogP) is 3.25. The standard InChI is InChI=1S/C20H18N4O3/c1-13(25)22-14-7-9-19(27-2)18(11-14)24-20(26)10-8-15-12-21-16-5-3-4-6-17(16)23-15/h3-12H,1-2H3,(H,22,25)(H,24,26). The number of nitrogens with zero attached hydrogens (tertiary/aromatic N) is 2. The van der Waals surface area contributed by atoms with E-state index in [4.69, 9.17) is 4.74 Å². The molecular formula is C20H18N4O3. The second-order valence-electron chi connectivity index (χ2n) is 5.70. The molecule has 27 heavy (non-hydrogen) atoms. The molecule has 0 saturated carbocycles. The number of rotatable bonds is 5. The van der Waals surface area contributed by atoms with Gasteiger partial charge in [-0.2, -0.15) is 0 Å². The van der Waals surface area contributed by atoms with Crippen molar-refractivity contribution in [3.8, 4) is 5.75 Å². The van der Waals surface area contributed by atoms with Crippen LogP contribution in [0.2, 0.25) is 0 Å². The molecule has 0 fully saturated rings. The summed E-state index contributed by atoms with van der Waals surface area (Å²) in [6.45, 7) is 1.41. The SMILES string of the molecule is COc1ccc(NC(C)=O)cc1NC(=O)C=Cc1cnc2ccccc2n1. The van der Waals surface area contributed by atoms with Gasteiger partial charge >= 0.3 is 0 Å². The maximum absolute atomic E-state index is 12.3. The first kappa shape index (κ1) is 18.1. The van der Waals surface area contributed by atoms with E-state index in [1.54, 1.807) is 30.5 Å².